The maximum atomic E-state index is 12.6. The van der Waals surface area contributed by atoms with Gasteiger partial charge < -0.3 is 9.47 Å². The monoisotopic (exact) mass is 188 g/mol. The fraction of sp³-hybridized carbons (Fsp3) is 0.333. The van der Waals surface area contributed by atoms with Gasteiger partial charge in [0.1, 0.15) is 0 Å². The van der Waals surface area contributed by atoms with Crippen LogP contribution in [0, 0.1) is 0 Å². The Morgan fingerprint density at radius 3 is 2.46 bits per heavy atom. The van der Waals surface area contributed by atoms with Crippen LogP contribution in [0.2, 0.25) is 0 Å². The molecule has 1 fully saturated rings. The predicted octanol–water partition coefficient (Wildman–Crippen LogP) is 2.95. The van der Waals surface area contributed by atoms with Crippen molar-refractivity contribution in [1.82, 2.24) is 0 Å². The SMILES string of the molecule is C=C/C=C1/OC(F)(F)OC1=C(C)C. The topological polar surface area (TPSA) is 18.5 Å². The standard InChI is InChI=1S/C9H10F2O2/c1-4-5-7-8(6(2)3)13-9(10,11)12-7/h4-5H,1H2,2-3H3/b7-5+. The van der Waals surface area contributed by atoms with Crippen molar-refractivity contribution < 1.29 is 18.3 Å². The summed E-state index contributed by atoms with van der Waals surface area (Å²) in [6.07, 6.45) is -0.853. The van der Waals surface area contributed by atoms with Crippen LogP contribution in [0.1, 0.15) is 13.8 Å². The van der Waals surface area contributed by atoms with Crippen LogP contribution >= 0.6 is 0 Å². The summed E-state index contributed by atoms with van der Waals surface area (Å²) in [6.45, 7) is 6.71. The normalized spacial score (nSPS) is 22.5. The molecule has 1 aliphatic heterocycles. The van der Waals surface area contributed by atoms with E-state index in [-0.39, 0.29) is 11.5 Å². The van der Waals surface area contributed by atoms with Gasteiger partial charge in [-0.25, -0.2) is 0 Å². The highest BCUT2D eigenvalue weighted by Crippen LogP contribution is 2.37. The van der Waals surface area contributed by atoms with E-state index in [1.807, 2.05) is 0 Å². The van der Waals surface area contributed by atoms with Crippen LogP contribution in [-0.2, 0) is 9.47 Å². The number of rotatable bonds is 1. The van der Waals surface area contributed by atoms with E-state index < -0.39 is 6.29 Å². The molecule has 0 radical (unpaired) electrons. The maximum Gasteiger partial charge on any atom is 0.586 e. The van der Waals surface area contributed by atoms with Gasteiger partial charge in [-0.15, -0.1) is 8.78 Å². The summed E-state index contributed by atoms with van der Waals surface area (Å²) in [7, 11) is 0. The van der Waals surface area contributed by atoms with Gasteiger partial charge in [-0.05, 0) is 25.5 Å². The Balaban J connectivity index is 3.05. The minimum absolute atomic E-state index is 0.0139. The fourth-order valence-corrected chi connectivity index (χ4v) is 0.930. The van der Waals surface area contributed by atoms with E-state index in [0.717, 1.165) is 0 Å². The summed E-state index contributed by atoms with van der Waals surface area (Å²) in [5.74, 6) is 0.0879. The first-order valence-corrected chi connectivity index (χ1v) is 3.72. The van der Waals surface area contributed by atoms with Gasteiger partial charge in [-0.2, -0.15) is 0 Å². The van der Waals surface area contributed by atoms with Gasteiger partial charge in [0, 0.05) is 0 Å². The second-order valence-electron chi connectivity index (χ2n) is 2.76. The van der Waals surface area contributed by atoms with Crippen molar-refractivity contribution in [2.24, 2.45) is 0 Å². The molecule has 0 aromatic carbocycles. The molecule has 0 atom stereocenters. The summed E-state index contributed by atoms with van der Waals surface area (Å²) in [6, 6.07) is 0. The minimum Gasteiger partial charge on any atom is -0.395 e. The van der Waals surface area contributed by atoms with Crippen LogP contribution in [0.5, 0.6) is 0 Å². The molecule has 1 heterocycles. The molecule has 0 N–H and O–H groups in total. The summed E-state index contributed by atoms with van der Waals surface area (Å²) in [4.78, 5) is 0. The van der Waals surface area contributed by atoms with Crippen LogP contribution in [0.4, 0.5) is 8.78 Å². The number of hydrogen-bond acceptors (Lipinski definition) is 2. The van der Waals surface area contributed by atoms with Crippen LogP contribution < -0.4 is 0 Å². The molecule has 0 aromatic heterocycles. The van der Waals surface area contributed by atoms with Gasteiger partial charge in [0.15, 0.2) is 11.5 Å². The van der Waals surface area contributed by atoms with Gasteiger partial charge >= 0.3 is 6.29 Å². The Kier molecular flexibility index (Phi) is 2.40. The Labute approximate surface area is 75.1 Å². The highest BCUT2D eigenvalue weighted by Gasteiger charge is 2.45. The quantitative estimate of drug-likeness (QED) is 0.629. The number of ether oxygens (including phenoxy) is 2. The maximum absolute atomic E-state index is 12.6. The molecule has 0 saturated carbocycles. The molecule has 0 amide bonds. The molecular weight excluding hydrogens is 178 g/mol. The third-order valence-electron chi connectivity index (χ3n) is 1.40. The Morgan fingerprint density at radius 1 is 1.38 bits per heavy atom. The number of hydrogen-bond donors (Lipinski definition) is 0. The Hall–Kier alpha value is -1.32. The molecule has 4 heteroatoms. The molecule has 13 heavy (non-hydrogen) atoms. The average Bonchev–Trinajstić information content (AvgIpc) is 2.26. The van der Waals surface area contributed by atoms with E-state index in [2.05, 4.69) is 16.1 Å². The molecule has 72 valence electrons. The van der Waals surface area contributed by atoms with Crippen molar-refractivity contribution in [3.05, 3.63) is 35.8 Å². The molecule has 0 bridgehead atoms. The second-order valence-corrected chi connectivity index (χ2v) is 2.76. The molecule has 0 spiro atoms. The third-order valence-corrected chi connectivity index (χ3v) is 1.40. The van der Waals surface area contributed by atoms with E-state index >= 15 is 0 Å². The first-order valence-electron chi connectivity index (χ1n) is 3.72. The highest BCUT2D eigenvalue weighted by molar-refractivity contribution is 5.29. The molecule has 1 rings (SSSR count). The van der Waals surface area contributed by atoms with Crippen LogP contribution in [0.25, 0.3) is 0 Å². The van der Waals surface area contributed by atoms with E-state index in [1.54, 1.807) is 13.8 Å². The lowest BCUT2D eigenvalue weighted by molar-refractivity contribution is -0.326. The molecule has 1 aliphatic rings. The zero-order valence-corrected chi connectivity index (χ0v) is 7.43. The largest absolute Gasteiger partial charge is 0.586 e. The van der Waals surface area contributed by atoms with Gasteiger partial charge in [0.05, 0.1) is 0 Å². The van der Waals surface area contributed by atoms with Gasteiger partial charge in [-0.3, -0.25) is 0 Å². The first kappa shape index (κ1) is 9.77. The van der Waals surface area contributed by atoms with E-state index in [0.29, 0.717) is 5.57 Å². The molecule has 0 unspecified atom stereocenters. The number of halogens is 2. The van der Waals surface area contributed by atoms with Crippen LogP contribution in [-0.4, -0.2) is 6.29 Å². The van der Waals surface area contributed by atoms with Crippen LogP contribution in [0.15, 0.2) is 35.8 Å². The number of alkyl halides is 2. The van der Waals surface area contributed by atoms with Crippen molar-refractivity contribution in [2.75, 3.05) is 0 Å². The van der Waals surface area contributed by atoms with E-state index in [9.17, 15) is 8.78 Å². The predicted molar refractivity (Wildman–Crippen MR) is 43.8 cm³/mol. The first-order chi connectivity index (χ1) is 5.96. The lowest BCUT2D eigenvalue weighted by atomic mass is 10.2. The van der Waals surface area contributed by atoms with E-state index in [4.69, 9.17) is 0 Å². The lowest BCUT2D eigenvalue weighted by Crippen LogP contribution is -2.14. The van der Waals surface area contributed by atoms with Crippen molar-refractivity contribution in [1.29, 1.82) is 0 Å². The zero-order valence-electron chi connectivity index (χ0n) is 7.43. The number of allylic oxidation sites excluding steroid dienone is 3. The lowest BCUT2D eigenvalue weighted by Gasteiger charge is -2.03. The molecular formula is C9H10F2O2. The highest BCUT2D eigenvalue weighted by atomic mass is 19.3. The fourth-order valence-electron chi connectivity index (χ4n) is 0.930. The summed E-state index contributed by atoms with van der Waals surface area (Å²) in [5.41, 5.74) is 0.630. The van der Waals surface area contributed by atoms with Crippen molar-refractivity contribution >= 4 is 0 Å². The third kappa shape index (κ3) is 2.08. The van der Waals surface area contributed by atoms with Gasteiger partial charge in [-0.1, -0.05) is 12.7 Å². The second kappa shape index (κ2) is 3.20. The average molecular weight is 188 g/mol. The Morgan fingerprint density at radius 2 is 2.00 bits per heavy atom. The molecule has 0 aromatic rings. The van der Waals surface area contributed by atoms with Crippen molar-refractivity contribution in [3.8, 4) is 0 Å². The molecule has 0 aliphatic carbocycles. The molecule has 1 saturated heterocycles. The van der Waals surface area contributed by atoms with Gasteiger partial charge in [0.2, 0.25) is 0 Å². The minimum atomic E-state index is -3.55. The van der Waals surface area contributed by atoms with Gasteiger partial charge in [0.25, 0.3) is 0 Å². The summed E-state index contributed by atoms with van der Waals surface area (Å²) < 4.78 is 33.7. The molecule has 2 nitrogen and oxygen atoms in total. The zero-order chi connectivity index (χ0) is 10.1. The van der Waals surface area contributed by atoms with Crippen molar-refractivity contribution in [3.63, 3.8) is 0 Å². The van der Waals surface area contributed by atoms with E-state index in [1.165, 1.54) is 12.2 Å². The summed E-state index contributed by atoms with van der Waals surface area (Å²) >= 11 is 0. The Bertz CT molecular complexity index is 286. The van der Waals surface area contributed by atoms with Crippen molar-refractivity contribution in [2.45, 2.75) is 20.1 Å². The smallest absolute Gasteiger partial charge is 0.395 e. The van der Waals surface area contributed by atoms with Crippen LogP contribution in [0.3, 0.4) is 0 Å². The summed E-state index contributed by atoms with van der Waals surface area (Å²) in [5, 5.41) is 0.